The highest BCUT2D eigenvalue weighted by Crippen LogP contribution is 2.27. The van der Waals surface area contributed by atoms with Crippen molar-refractivity contribution in [3.05, 3.63) is 89.2 Å². The quantitative estimate of drug-likeness (QED) is 0.601. The van der Waals surface area contributed by atoms with E-state index in [0.717, 1.165) is 11.3 Å². The van der Waals surface area contributed by atoms with Crippen LogP contribution < -0.4 is 0 Å². The molecule has 4 nitrogen and oxygen atoms in total. The molecule has 27 heavy (non-hydrogen) atoms. The molecular weight excluding hydrogens is 348 g/mol. The number of hydrogen-bond acceptors (Lipinski definition) is 3. The second kappa shape index (κ2) is 8.88. The largest absolute Gasteiger partial charge is 0.366 e. The van der Waals surface area contributed by atoms with Crippen LogP contribution in [0.4, 0.5) is 8.78 Å². The van der Waals surface area contributed by atoms with E-state index in [0.29, 0.717) is 25.3 Å². The fraction of sp³-hybridized carbons (Fsp3) is 0.286. The Labute approximate surface area is 158 Å². The summed E-state index contributed by atoms with van der Waals surface area (Å²) in [5.41, 5.74) is 2.16. The average Bonchev–Trinajstić information content (AvgIpc) is 3.05. The summed E-state index contributed by atoms with van der Waals surface area (Å²) in [6, 6.07) is 15.0. The maximum Gasteiger partial charge on any atom is 0.129 e. The van der Waals surface area contributed by atoms with Crippen LogP contribution in [0.25, 0.3) is 0 Å². The van der Waals surface area contributed by atoms with Gasteiger partial charge in [0.15, 0.2) is 0 Å². The fourth-order valence-electron chi connectivity index (χ4n) is 3.02. The maximum absolute atomic E-state index is 14.3. The molecule has 0 saturated heterocycles. The molecule has 3 rings (SSSR count). The zero-order valence-electron chi connectivity index (χ0n) is 15.5. The van der Waals surface area contributed by atoms with Crippen LogP contribution in [0.1, 0.15) is 22.9 Å². The summed E-state index contributed by atoms with van der Waals surface area (Å²) in [5.74, 6) is -0.551. The van der Waals surface area contributed by atoms with E-state index in [9.17, 15) is 8.78 Å². The zero-order chi connectivity index (χ0) is 19.2. The van der Waals surface area contributed by atoms with E-state index < -0.39 is 6.10 Å². The normalized spacial score (nSPS) is 12.5. The highest BCUT2D eigenvalue weighted by atomic mass is 19.1. The second-order valence-electron chi connectivity index (χ2n) is 6.52. The number of hydrogen-bond donors (Lipinski definition) is 0. The molecule has 2 aromatic carbocycles. The smallest absolute Gasteiger partial charge is 0.129 e. The first-order chi connectivity index (χ1) is 13.0. The van der Waals surface area contributed by atoms with Crippen molar-refractivity contribution < 1.29 is 13.5 Å². The summed E-state index contributed by atoms with van der Waals surface area (Å²) in [6.45, 7) is 1.63. The van der Waals surface area contributed by atoms with E-state index in [1.54, 1.807) is 35.1 Å². The highest BCUT2D eigenvalue weighted by molar-refractivity contribution is 5.27. The van der Waals surface area contributed by atoms with Crippen molar-refractivity contribution in [1.29, 1.82) is 0 Å². The minimum Gasteiger partial charge on any atom is -0.366 e. The number of ether oxygens (including phenoxy) is 1. The van der Waals surface area contributed by atoms with Crippen molar-refractivity contribution in [3.63, 3.8) is 0 Å². The average molecular weight is 371 g/mol. The van der Waals surface area contributed by atoms with Crippen molar-refractivity contribution >= 4 is 0 Å². The number of nitrogens with zero attached hydrogens (tertiary/aromatic N) is 3. The van der Waals surface area contributed by atoms with E-state index in [4.69, 9.17) is 4.74 Å². The van der Waals surface area contributed by atoms with Crippen LogP contribution >= 0.6 is 0 Å². The number of aromatic nitrogens is 2. The summed E-state index contributed by atoms with van der Waals surface area (Å²) >= 11 is 0. The molecule has 0 bridgehead atoms. The van der Waals surface area contributed by atoms with Gasteiger partial charge in [-0.1, -0.05) is 30.3 Å². The lowest BCUT2D eigenvalue weighted by Crippen LogP contribution is -2.24. The molecule has 0 aliphatic carbocycles. The molecule has 0 saturated carbocycles. The van der Waals surface area contributed by atoms with Gasteiger partial charge in [-0.3, -0.25) is 9.58 Å². The summed E-state index contributed by atoms with van der Waals surface area (Å²) < 4.78 is 35.4. The Bertz CT molecular complexity index is 881. The van der Waals surface area contributed by atoms with Gasteiger partial charge in [-0.15, -0.1) is 0 Å². The van der Waals surface area contributed by atoms with Gasteiger partial charge in [0.1, 0.15) is 17.7 Å². The van der Waals surface area contributed by atoms with Crippen LogP contribution in [0.5, 0.6) is 0 Å². The molecule has 0 radical (unpaired) electrons. The third-order valence-corrected chi connectivity index (χ3v) is 4.41. The van der Waals surface area contributed by atoms with Crippen LogP contribution in [0.2, 0.25) is 0 Å². The molecule has 0 aliphatic heterocycles. The molecule has 1 aromatic heterocycles. The van der Waals surface area contributed by atoms with Crippen LogP contribution in [0.15, 0.2) is 60.8 Å². The molecule has 0 N–H and O–H groups in total. The summed E-state index contributed by atoms with van der Waals surface area (Å²) in [5, 5.41) is 4.17. The monoisotopic (exact) mass is 371 g/mol. The number of halogens is 2. The molecule has 1 unspecified atom stereocenters. The number of rotatable bonds is 8. The van der Waals surface area contributed by atoms with Gasteiger partial charge in [-0.25, -0.2) is 8.78 Å². The van der Waals surface area contributed by atoms with Gasteiger partial charge >= 0.3 is 0 Å². The highest BCUT2D eigenvalue weighted by Gasteiger charge is 2.21. The van der Waals surface area contributed by atoms with Gasteiger partial charge in [0.05, 0.1) is 12.3 Å². The van der Waals surface area contributed by atoms with E-state index in [-0.39, 0.29) is 11.6 Å². The zero-order valence-corrected chi connectivity index (χ0v) is 15.5. The predicted octanol–water partition coefficient (Wildman–Crippen LogP) is 3.94. The first kappa shape index (κ1) is 19.2. The van der Waals surface area contributed by atoms with Crippen LogP contribution in [0, 0.1) is 11.6 Å². The van der Waals surface area contributed by atoms with Gasteiger partial charge in [0, 0.05) is 31.9 Å². The summed E-state index contributed by atoms with van der Waals surface area (Å²) in [6.07, 6.45) is 1.13. The first-order valence-corrected chi connectivity index (χ1v) is 8.81. The second-order valence-corrected chi connectivity index (χ2v) is 6.52. The Balaban J connectivity index is 1.65. The topological polar surface area (TPSA) is 30.3 Å². The third-order valence-electron chi connectivity index (χ3n) is 4.41. The SMILES string of the molecule is CN(CCOC(c1ccccc1F)c1ccnn1C)Cc1cccc(F)c1. The Morgan fingerprint density at radius 3 is 2.63 bits per heavy atom. The predicted molar refractivity (Wildman–Crippen MR) is 100 cm³/mol. The van der Waals surface area contributed by atoms with Crippen molar-refractivity contribution in [2.45, 2.75) is 12.6 Å². The summed E-state index contributed by atoms with van der Waals surface area (Å²) in [7, 11) is 3.75. The van der Waals surface area contributed by atoms with Crippen LogP contribution in [0.3, 0.4) is 0 Å². The molecular formula is C21H23F2N3O. The van der Waals surface area contributed by atoms with E-state index >= 15 is 0 Å². The number of benzene rings is 2. The molecule has 0 spiro atoms. The molecule has 1 atom stereocenters. The maximum atomic E-state index is 14.3. The lowest BCUT2D eigenvalue weighted by molar-refractivity contribution is 0.0569. The standard InChI is InChI=1S/C21H23F2N3O/c1-25(15-16-6-5-7-17(22)14-16)12-13-27-21(20-10-11-24-26(20)2)18-8-3-4-9-19(18)23/h3-11,14,21H,12-13,15H2,1-2H3. The van der Waals surface area contributed by atoms with Gasteiger partial charge in [0.25, 0.3) is 0 Å². The lowest BCUT2D eigenvalue weighted by Gasteiger charge is -2.22. The Morgan fingerprint density at radius 2 is 1.93 bits per heavy atom. The lowest BCUT2D eigenvalue weighted by atomic mass is 10.1. The molecule has 0 fully saturated rings. The van der Waals surface area contributed by atoms with Crippen molar-refractivity contribution in [2.24, 2.45) is 7.05 Å². The fourth-order valence-corrected chi connectivity index (χ4v) is 3.02. The van der Waals surface area contributed by atoms with Gasteiger partial charge in [-0.2, -0.15) is 5.10 Å². The van der Waals surface area contributed by atoms with E-state index in [1.165, 1.54) is 18.2 Å². The van der Waals surface area contributed by atoms with Crippen LogP contribution in [-0.4, -0.2) is 34.9 Å². The molecule has 3 aromatic rings. The first-order valence-electron chi connectivity index (χ1n) is 8.81. The minimum absolute atomic E-state index is 0.243. The van der Waals surface area contributed by atoms with Crippen molar-refractivity contribution in [2.75, 3.05) is 20.2 Å². The summed E-state index contributed by atoms with van der Waals surface area (Å²) in [4.78, 5) is 2.04. The van der Waals surface area contributed by atoms with Gasteiger partial charge in [-0.05, 0) is 36.9 Å². The third kappa shape index (κ3) is 4.99. The minimum atomic E-state index is -0.540. The van der Waals surface area contributed by atoms with Crippen molar-refractivity contribution in [1.82, 2.24) is 14.7 Å². The Morgan fingerprint density at radius 1 is 1.11 bits per heavy atom. The number of likely N-dealkylation sites (N-methyl/N-ethyl adjacent to an activating group) is 1. The van der Waals surface area contributed by atoms with E-state index in [1.807, 2.05) is 31.1 Å². The van der Waals surface area contributed by atoms with Crippen molar-refractivity contribution in [3.8, 4) is 0 Å². The van der Waals surface area contributed by atoms with E-state index in [2.05, 4.69) is 5.10 Å². The van der Waals surface area contributed by atoms with Gasteiger partial charge < -0.3 is 4.74 Å². The molecule has 1 heterocycles. The Kier molecular flexibility index (Phi) is 6.32. The molecule has 0 amide bonds. The number of aryl methyl sites for hydroxylation is 1. The van der Waals surface area contributed by atoms with Gasteiger partial charge in [0.2, 0.25) is 0 Å². The van der Waals surface area contributed by atoms with Crippen LogP contribution in [-0.2, 0) is 18.3 Å². The molecule has 142 valence electrons. The molecule has 0 aliphatic rings. The Hall–Kier alpha value is -2.57. The molecule has 6 heteroatoms.